The van der Waals surface area contributed by atoms with Gasteiger partial charge in [-0.25, -0.2) is 0 Å². The molecule has 0 amide bonds. The summed E-state index contributed by atoms with van der Waals surface area (Å²) < 4.78 is 11.7. The van der Waals surface area contributed by atoms with Gasteiger partial charge in [-0.05, 0) is 43.9 Å². The first-order valence-corrected chi connectivity index (χ1v) is 8.12. The van der Waals surface area contributed by atoms with E-state index in [4.69, 9.17) is 9.47 Å². The molecule has 3 N–H and O–H groups in total. The van der Waals surface area contributed by atoms with Gasteiger partial charge in [-0.1, -0.05) is 6.07 Å². The molecule has 2 aliphatic heterocycles. The van der Waals surface area contributed by atoms with Gasteiger partial charge in [0.1, 0.15) is 6.10 Å². The normalized spacial score (nSPS) is 44.2. The molecule has 5 atom stereocenters. The highest BCUT2D eigenvalue weighted by molar-refractivity contribution is 5.62. The van der Waals surface area contributed by atoms with Crippen molar-refractivity contribution in [3.63, 3.8) is 0 Å². The van der Waals surface area contributed by atoms with Crippen molar-refractivity contribution in [3.8, 4) is 11.5 Å². The van der Waals surface area contributed by atoms with E-state index in [0.717, 1.165) is 30.7 Å². The number of benzene rings is 1. The summed E-state index contributed by atoms with van der Waals surface area (Å²) in [6.45, 7) is 0.843. The minimum Gasteiger partial charge on any atom is -0.493 e. The maximum atomic E-state index is 11.6. The molecule has 5 rings (SSSR count). The van der Waals surface area contributed by atoms with Crippen LogP contribution >= 0.6 is 0 Å². The number of piperidine rings is 1. The first-order valence-electron chi connectivity index (χ1n) is 8.12. The molecule has 1 aromatic rings. The van der Waals surface area contributed by atoms with Gasteiger partial charge in [-0.3, -0.25) is 0 Å². The van der Waals surface area contributed by atoms with Crippen molar-refractivity contribution in [2.24, 2.45) is 0 Å². The Morgan fingerprint density at radius 2 is 2.23 bits per heavy atom. The Morgan fingerprint density at radius 3 is 3.05 bits per heavy atom. The smallest absolute Gasteiger partial charge is 0.166 e. The number of hydrogen-bond acceptors (Lipinski definition) is 5. The van der Waals surface area contributed by atoms with Crippen molar-refractivity contribution in [2.45, 2.75) is 54.9 Å². The maximum Gasteiger partial charge on any atom is 0.166 e. The quantitative estimate of drug-likeness (QED) is 0.705. The highest BCUT2D eigenvalue weighted by Crippen LogP contribution is 2.64. The molecule has 2 aliphatic carbocycles. The fourth-order valence-electron chi connectivity index (χ4n) is 5.57. The van der Waals surface area contributed by atoms with Crippen LogP contribution in [0.2, 0.25) is 0 Å². The lowest BCUT2D eigenvalue weighted by atomic mass is 9.49. The Labute approximate surface area is 129 Å². The first kappa shape index (κ1) is 13.2. The van der Waals surface area contributed by atoms with Crippen molar-refractivity contribution in [1.29, 1.82) is 0 Å². The average molecular weight is 303 g/mol. The van der Waals surface area contributed by atoms with Gasteiger partial charge in [0.25, 0.3) is 0 Å². The van der Waals surface area contributed by atoms with Gasteiger partial charge in [-0.2, -0.15) is 0 Å². The molecule has 1 aromatic carbocycles. The molecule has 118 valence electrons. The summed E-state index contributed by atoms with van der Waals surface area (Å²) in [7, 11) is 1.64. The molecule has 2 bridgehead atoms. The summed E-state index contributed by atoms with van der Waals surface area (Å²) in [5.74, 6) is 1.44. The number of ether oxygens (including phenoxy) is 2. The molecule has 2 heterocycles. The SMILES string of the molecule is COc1ccc2c3c1OC1C(O)CC[C@@]4(O)[C@@H](C2)NCC[C@]314. The molecule has 1 saturated heterocycles. The second kappa shape index (κ2) is 3.96. The number of aliphatic hydroxyl groups is 2. The maximum absolute atomic E-state index is 11.6. The van der Waals surface area contributed by atoms with Gasteiger partial charge in [0.15, 0.2) is 11.5 Å². The Balaban J connectivity index is 1.85. The lowest BCUT2D eigenvalue weighted by Gasteiger charge is -2.61. The van der Waals surface area contributed by atoms with Gasteiger partial charge in [-0.15, -0.1) is 0 Å². The summed E-state index contributed by atoms with van der Waals surface area (Å²) in [6, 6.07) is 4.06. The highest BCUT2D eigenvalue weighted by Gasteiger charge is 2.71. The minimum absolute atomic E-state index is 0.0340. The summed E-state index contributed by atoms with van der Waals surface area (Å²) in [5, 5.41) is 25.7. The van der Waals surface area contributed by atoms with Gasteiger partial charge in [0.2, 0.25) is 0 Å². The molecule has 4 aliphatic rings. The number of rotatable bonds is 1. The summed E-state index contributed by atoms with van der Waals surface area (Å²) >= 11 is 0. The van der Waals surface area contributed by atoms with Crippen LogP contribution in [0.5, 0.6) is 11.5 Å². The van der Waals surface area contributed by atoms with Gasteiger partial charge in [0, 0.05) is 11.6 Å². The van der Waals surface area contributed by atoms with E-state index in [0.29, 0.717) is 18.6 Å². The fourth-order valence-corrected chi connectivity index (χ4v) is 5.57. The van der Waals surface area contributed by atoms with Gasteiger partial charge in [0.05, 0.1) is 24.2 Å². The van der Waals surface area contributed by atoms with Gasteiger partial charge < -0.3 is 25.0 Å². The lowest BCUT2D eigenvalue weighted by Crippen LogP contribution is -2.76. The number of nitrogens with one attached hydrogen (secondary N) is 1. The van der Waals surface area contributed by atoms with E-state index in [1.54, 1.807) is 7.11 Å². The van der Waals surface area contributed by atoms with E-state index in [9.17, 15) is 10.2 Å². The van der Waals surface area contributed by atoms with Crippen LogP contribution in [0.1, 0.15) is 30.4 Å². The predicted octanol–water partition coefficient (Wildman–Crippen LogP) is 0.498. The molecule has 5 heteroatoms. The largest absolute Gasteiger partial charge is 0.493 e. The zero-order valence-corrected chi connectivity index (χ0v) is 12.6. The Kier molecular flexibility index (Phi) is 2.37. The van der Waals surface area contributed by atoms with Crippen molar-refractivity contribution < 1.29 is 19.7 Å². The van der Waals surface area contributed by atoms with E-state index in [1.165, 1.54) is 5.56 Å². The molecule has 5 nitrogen and oxygen atoms in total. The van der Waals surface area contributed by atoms with Crippen LogP contribution in [-0.4, -0.2) is 47.7 Å². The third-order valence-corrected chi connectivity index (χ3v) is 6.46. The zero-order chi connectivity index (χ0) is 15.1. The molecular formula is C17H21NO4. The van der Waals surface area contributed by atoms with Crippen molar-refractivity contribution in [1.82, 2.24) is 5.32 Å². The van der Waals surface area contributed by atoms with Crippen LogP contribution < -0.4 is 14.8 Å². The molecule has 2 unspecified atom stereocenters. The Bertz CT molecular complexity index is 662. The second-order valence-corrected chi connectivity index (χ2v) is 7.13. The predicted molar refractivity (Wildman–Crippen MR) is 79.4 cm³/mol. The van der Waals surface area contributed by atoms with Crippen molar-refractivity contribution in [3.05, 3.63) is 23.3 Å². The van der Waals surface area contributed by atoms with Crippen molar-refractivity contribution >= 4 is 0 Å². The van der Waals surface area contributed by atoms with E-state index in [-0.39, 0.29) is 12.1 Å². The monoisotopic (exact) mass is 303 g/mol. The van der Waals surface area contributed by atoms with Crippen molar-refractivity contribution in [2.75, 3.05) is 13.7 Å². The Morgan fingerprint density at radius 1 is 1.36 bits per heavy atom. The number of methoxy groups -OCH3 is 1. The summed E-state index contributed by atoms with van der Waals surface area (Å²) in [4.78, 5) is 0. The van der Waals surface area contributed by atoms with E-state index < -0.39 is 17.1 Å². The first-order chi connectivity index (χ1) is 10.6. The van der Waals surface area contributed by atoms with E-state index in [1.807, 2.05) is 6.07 Å². The molecule has 0 aromatic heterocycles. The zero-order valence-electron chi connectivity index (χ0n) is 12.6. The fraction of sp³-hybridized carbons (Fsp3) is 0.647. The number of aliphatic hydroxyl groups excluding tert-OH is 1. The highest BCUT2D eigenvalue weighted by atomic mass is 16.5. The van der Waals surface area contributed by atoms with Crippen LogP contribution in [0.25, 0.3) is 0 Å². The standard InChI is InChI=1S/C17H21NO4/c1-21-11-3-2-9-8-12-17(20)5-4-10(19)15-16(17,6-7-18-12)13(9)14(11)22-15/h2-3,10,12,15,18-20H,4-8H2,1H3/t10?,12-,15?,16+,17-/m1/s1. The van der Waals surface area contributed by atoms with Crippen LogP contribution in [0, 0.1) is 0 Å². The molecule has 2 fully saturated rings. The molecule has 1 spiro atoms. The average Bonchev–Trinajstić information content (AvgIpc) is 2.85. The Hall–Kier alpha value is -1.30. The summed E-state index contributed by atoms with van der Waals surface area (Å²) in [5.41, 5.74) is 0.961. The van der Waals surface area contributed by atoms with E-state index >= 15 is 0 Å². The van der Waals surface area contributed by atoms with Crippen LogP contribution in [0.15, 0.2) is 12.1 Å². The number of hydrogen-bond donors (Lipinski definition) is 3. The third-order valence-electron chi connectivity index (χ3n) is 6.46. The topological polar surface area (TPSA) is 71.0 Å². The van der Waals surface area contributed by atoms with Crippen LogP contribution in [0.4, 0.5) is 0 Å². The molecule has 0 radical (unpaired) electrons. The minimum atomic E-state index is -0.847. The molecule has 22 heavy (non-hydrogen) atoms. The lowest BCUT2D eigenvalue weighted by molar-refractivity contribution is -0.179. The van der Waals surface area contributed by atoms with Crippen LogP contribution in [-0.2, 0) is 11.8 Å². The molecular weight excluding hydrogens is 282 g/mol. The summed E-state index contributed by atoms with van der Waals surface area (Å²) in [6.07, 6.45) is 1.86. The van der Waals surface area contributed by atoms with Gasteiger partial charge >= 0.3 is 0 Å². The van der Waals surface area contributed by atoms with E-state index in [2.05, 4.69) is 11.4 Å². The third kappa shape index (κ3) is 1.21. The van der Waals surface area contributed by atoms with Crippen LogP contribution in [0.3, 0.4) is 0 Å². The second-order valence-electron chi connectivity index (χ2n) is 7.13. The molecule has 1 saturated carbocycles.